The van der Waals surface area contributed by atoms with Gasteiger partial charge in [-0.25, -0.2) is 13.1 Å². The molecule has 0 atom stereocenters. The van der Waals surface area contributed by atoms with E-state index in [1.807, 2.05) is 24.3 Å². The lowest BCUT2D eigenvalue weighted by Crippen LogP contribution is -2.39. The van der Waals surface area contributed by atoms with Crippen molar-refractivity contribution in [1.29, 1.82) is 0 Å². The molecule has 0 fully saturated rings. The van der Waals surface area contributed by atoms with Crippen LogP contribution in [0.2, 0.25) is 0 Å². The molecular weight excluding hydrogens is 340 g/mol. The second-order valence-corrected chi connectivity index (χ2v) is 7.60. The highest BCUT2D eigenvalue weighted by molar-refractivity contribution is 7.89. The lowest BCUT2D eigenvalue weighted by atomic mass is 10.2. The fourth-order valence-electron chi connectivity index (χ4n) is 2.82. The van der Waals surface area contributed by atoms with Crippen LogP contribution in [0.3, 0.4) is 0 Å². The van der Waals surface area contributed by atoms with E-state index in [4.69, 9.17) is 0 Å². The molecule has 25 heavy (non-hydrogen) atoms. The summed E-state index contributed by atoms with van der Waals surface area (Å²) >= 11 is 0. The SMILES string of the molecule is CC(=O)c1cccc(S(=O)(=O)NCC(=O)N2CCc3ccccc32)c1. The van der Waals surface area contributed by atoms with Gasteiger partial charge in [0.05, 0.1) is 11.4 Å². The third-order valence-electron chi connectivity index (χ3n) is 4.15. The zero-order valence-electron chi connectivity index (χ0n) is 13.7. The highest BCUT2D eigenvalue weighted by Gasteiger charge is 2.25. The summed E-state index contributed by atoms with van der Waals surface area (Å²) in [5.74, 6) is -0.530. The Bertz CT molecular complexity index is 938. The lowest BCUT2D eigenvalue weighted by Gasteiger charge is -2.17. The van der Waals surface area contributed by atoms with Crippen molar-refractivity contribution in [2.45, 2.75) is 18.2 Å². The minimum atomic E-state index is -3.87. The zero-order chi connectivity index (χ0) is 18.0. The highest BCUT2D eigenvalue weighted by atomic mass is 32.2. The van der Waals surface area contributed by atoms with Crippen molar-refractivity contribution in [3.05, 3.63) is 59.7 Å². The van der Waals surface area contributed by atoms with E-state index < -0.39 is 10.0 Å². The number of hydrogen-bond acceptors (Lipinski definition) is 4. The van der Waals surface area contributed by atoms with E-state index in [2.05, 4.69) is 4.72 Å². The summed E-state index contributed by atoms with van der Waals surface area (Å²) < 4.78 is 27.1. The Balaban J connectivity index is 1.72. The minimum Gasteiger partial charge on any atom is -0.311 e. The Kier molecular flexibility index (Phi) is 4.69. The quantitative estimate of drug-likeness (QED) is 0.826. The molecule has 0 aromatic heterocycles. The van der Waals surface area contributed by atoms with Crippen LogP contribution in [-0.2, 0) is 21.2 Å². The number of ketones is 1. The third-order valence-corrected chi connectivity index (χ3v) is 5.55. The van der Waals surface area contributed by atoms with Gasteiger partial charge in [-0.15, -0.1) is 0 Å². The normalized spacial score (nSPS) is 13.6. The number of Topliss-reactive ketones (excluding diaryl/α,β-unsaturated/α-hetero) is 1. The standard InChI is InChI=1S/C18H18N2O4S/c1-13(21)15-6-4-7-16(11-15)25(23,24)19-12-18(22)20-10-9-14-5-2-3-8-17(14)20/h2-8,11,19H,9-10,12H2,1H3. The first kappa shape index (κ1) is 17.3. The van der Waals surface area contributed by atoms with Crippen molar-refractivity contribution in [3.63, 3.8) is 0 Å². The largest absolute Gasteiger partial charge is 0.311 e. The van der Waals surface area contributed by atoms with E-state index in [0.717, 1.165) is 17.7 Å². The number of anilines is 1. The first-order valence-electron chi connectivity index (χ1n) is 7.87. The summed E-state index contributed by atoms with van der Waals surface area (Å²) in [6.07, 6.45) is 0.759. The van der Waals surface area contributed by atoms with Gasteiger partial charge in [0, 0.05) is 17.8 Å². The second kappa shape index (κ2) is 6.78. The number of fused-ring (bicyclic) bond motifs is 1. The van der Waals surface area contributed by atoms with Crippen molar-refractivity contribution in [1.82, 2.24) is 4.72 Å². The van der Waals surface area contributed by atoms with Crippen molar-refractivity contribution >= 4 is 27.4 Å². The van der Waals surface area contributed by atoms with Crippen LogP contribution in [-0.4, -0.2) is 33.2 Å². The molecule has 1 N–H and O–H groups in total. The predicted octanol–water partition coefficient (Wildman–Crippen LogP) is 1.76. The van der Waals surface area contributed by atoms with Crippen molar-refractivity contribution in [3.8, 4) is 0 Å². The molecule has 7 heteroatoms. The molecule has 0 radical (unpaired) electrons. The average molecular weight is 358 g/mol. The summed E-state index contributed by atoms with van der Waals surface area (Å²) in [6, 6.07) is 13.3. The molecule has 2 aromatic carbocycles. The number of carbonyl (C=O) groups is 2. The number of benzene rings is 2. The minimum absolute atomic E-state index is 0.0326. The maximum absolute atomic E-state index is 12.4. The summed E-state index contributed by atoms with van der Waals surface area (Å²) in [7, 11) is -3.87. The third kappa shape index (κ3) is 3.62. The number of hydrogen-bond donors (Lipinski definition) is 1. The molecule has 3 rings (SSSR count). The molecule has 0 unspecified atom stereocenters. The van der Waals surface area contributed by atoms with Crippen LogP contribution in [0.15, 0.2) is 53.4 Å². The maximum Gasteiger partial charge on any atom is 0.242 e. The molecule has 0 aliphatic carbocycles. The fourth-order valence-corrected chi connectivity index (χ4v) is 3.84. The van der Waals surface area contributed by atoms with Gasteiger partial charge in [0.2, 0.25) is 15.9 Å². The van der Waals surface area contributed by atoms with Gasteiger partial charge in [0.25, 0.3) is 0 Å². The van der Waals surface area contributed by atoms with Crippen LogP contribution >= 0.6 is 0 Å². The molecule has 0 spiro atoms. The number of para-hydroxylation sites is 1. The smallest absolute Gasteiger partial charge is 0.242 e. The summed E-state index contributed by atoms with van der Waals surface area (Å²) in [5, 5.41) is 0. The van der Waals surface area contributed by atoms with Crippen molar-refractivity contribution < 1.29 is 18.0 Å². The van der Waals surface area contributed by atoms with Crippen LogP contribution in [0, 0.1) is 0 Å². The maximum atomic E-state index is 12.4. The molecule has 2 aromatic rings. The van der Waals surface area contributed by atoms with Crippen molar-refractivity contribution in [2.24, 2.45) is 0 Å². The van der Waals surface area contributed by atoms with E-state index >= 15 is 0 Å². The number of amides is 1. The van der Waals surface area contributed by atoms with Crippen LogP contribution in [0.4, 0.5) is 5.69 Å². The van der Waals surface area contributed by atoms with Gasteiger partial charge >= 0.3 is 0 Å². The van der Waals surface area contributed by atoms with Gasteiger partial charge in [-0.1, -0.05) is 30.3 Å². The lowest BCUT2D eigenvalue weighted by molar-refractivity contribution is -0.117. The Morgan fingerprint density at radius 1 is 1.12 bits per heavy atom. The van der Waals surface area contributed by atoms with Gasteiger partial charge in [-0.3, -0.25) is 9.59 Å². The molecule has 1 amide bonds. The first-order valence-corrected chi connectivity index (χ1v) is 9.36. The summed E-state index contributed by atoms with van der Waals surface area (Å²) in [4.78, 5) is 25.4. The van der Waals surface area contributed by atoms with E-state index in [9.17, 15) is 18.0 Å². The molecule has 130 valence electrons. The van der Waals surface area contributed by atoms with Gasteiger partial charge in [-0.05, 0) is 37.1 Å². The Morgan fingerprint density at radius 2 is 1.88 bits per heavy atom. The monoisotopic (exact) mass is 358 g/mol. The molecule has 1 heterocycles. The fraction of sp³-hybridized carbons (Fsp3) is 0.222. The zero-order valence-corrected chi connectivity index (χ0v) is 14.5. The van der Waals surface area contributed by atoms with Crippen LogP contribution in [0.5, 0.6) is 0 Å². The van der Waals surface area contributed by atoms with Crippen LogP contribution < -0.4 is 9.62 Å². The molecule has 1 aliphatic heterocycles. The topological polar surface area (TPSA) is 83.5 Å². The number of nitrogens with one attached hydrogen (secondary N) is 1. The van der Waals surface area contributed by atoms with Crippen molar-refractivity contribution in [2.75, 3.05) is 18.0 Å². The van der Waals surface area contributed by atoms with Gasteiger partial charge in [0.15, 0.2) is 5.78 Å². The Morgan fingerprint density at radius 3 is 2.64 bits per heavy atom. The second-order valence-electron chi connectivity index (χ2n) is 5.83. The highest BCUT2D eigenvalue weighted by Crippen LogP contribution is 2.27. The number of nitrogens with zero attached hydrogens (tertiary/aromatic N) is 1. The van der Waals surface area contributed by atoms with E-state index in [1.54, 1.807) is 11.0 Å². The first-order chi connectivity index (χ1) is 11.9. The average Bonchev–Trinajstić information content (AvgIpc) is 3.04. The molecule has 0 saturated carbocycles. The van der Waals surface area contributed by atoms with E-state index in [0.29, 0.717) is 12.1 Å². The predicted molar refractivity (Wildman–Crippen MR) is 94.1 cm³/mol. The number of carbonyl (C=O) groups excluding carboxylic acids is 2. The molecule has 1 aliphatic rings. The van der Waals surface area contributed by atoms with Gasteiger partial charge in [0.1, 0.15) is 0 Å². The molecule has 6 nitrogen and oxygen atoms in total. The molecular formula is C18H18N2O4S. The van der Waals surface area contributed by atoms with E-state index in [-0.39, 0.29) is 23.1 Å². The summed E-state index contributed by atoms with van der Waals surface area (Å²) in [6.45, 7) is 1.58. The molecule has 0 saturated heterocycles. The number of rotatable bonds is 5. The van der Waals surface area contributed by atoms with Gasteiger partial charge in [-0.2, -0.15) is 0 Å². The Labute approximate surface area is 146 Å². The number of sulfonamides is 1. The van der Waals surface area contributed by atoms with E-state index in [1.165, 1.54) is 25.1 Å². The molecule has 0 bridgehead atoms. The van der Waals surface area contributed by atoms with Crippen LogP contribution in [0.1, 0.15) is 22.8 Å². The van der Waals surface area contributed by atoms with Crippen LogP contribution in [0.25, 0.3) is 0 Å². The Hall–Kier alpha value is -2.51. The summed E-state index contributed by atoms with van der Waals surface area (Å²) in [5.41, 5.74) is 2.21. The van der Waals surface area contributed by atoms with Gasteiger partial charge < -0.3 is 4.90 Å².